The molecule has 1 saturated carbocycles. The Balaban J connectivity index is 1.51. The molecule has 1 saturated heterocycles. The minimum atomic E-state index is -4.26. The molecule has 9 heteroatoms. The van der Waals surface area contributed by atoms with E-state index in [2.05, 4.69) is 10.1 Å². The molecule has 2 aromatic carbocycles. The number of nitrogens with one attached hydrogen (secondary N) is 1. The van der Waals surface area contributed by atoms with E-state index in [1.807, 2.05) is 0 Å². The van der Waals surface area contributed by atoms with E-state index in [1.54, 1.807) is 0 Å². The third kappa shape index (κ3) is 5.15. The fourth-order valence-electron chi connectivity index (χ4n) is 5.23. The lowest BCUT2D eigenvalue weighted by Crippen LogP contribution is -2.51. The monoisotopic (exact) mass is 497 g/mol. The zero-order valence-electron chi connectivity index (χ0n) is 19.4. The Kier molecular flexibility index (Phi) is 7.09. The van der Waals surface area contributed by atoms with Gasteiger partial charge in [-0.1, -0.05) is 12.5 Å². The molecule has 1 aliphatic carbocycles. The predicted molar refractivity (Wildman–Crippen MR) is 120 cm³/mol. The number of carbonyl (C=O) groups excluding carboxylic acids is 1. The number of hydrogen-bond donors (Lipinski definition) is 1. The van der Waals surface area contributed by atoms with E-state index in [0.29, 0.717) is 32.4 Å². The van der Waals surface area contributed by atoms with Crippen LogP contribution in [-0.2, 0) is 4.74 Å². The van der Waals surface area contributed by atoms with Crippen molar-refractivity contribution >= 4 is 5.97 Å². The van der Waals surface area contributed by atoms with Crippen LogP contribution in [0.4, 0.5) is 22.0 Å². The highest BCUT2D eigenvalue weighted by molar-refractivity contribution is 5.90. The van der Waals surface area contributed by atoms with Gasteiger partial charge in [-0.25, -0.2) is 13.6 Å². The molecule has 4 rings (SSSR count). The first-order chi connectivity index (χ1) is 16.6. The van der Waals surface area contributed by atoms with E-state index in [9.17, 15) is 26.7 Å². The van der Waals surface area contributed by atoms with Gasteiger partial charge in [-0.3, -0.25) is 0 Å². The maximum Gasteiger partial charge on any atom is 0.394 e. The zero-order valence-corrected chi connectivity index (χ0v) is 19.4. The van der Waals surface area contributed by atoms with Crippen molar-refractivity contribution in [3.05, 3.63) is 53.6 Å². The molecule has 0 unspecified atom stereocenters. The number of benzene rings is 2. The summed E-state index contributed by atoms with van der Waals surface area (Å²) in [4.78, 5) is 11.6. The maximum absolute atomic E-state index is 14.9. The Morgan fingerprint density at radius 1 is 0.971 bits per heavy atom. The van der Waals surface area contributed by atoms with E-state index in [1.165, 1.54) is 31.4 Å². The lowest BCUT2D eigenvalue weighted by atomic mass is 9.58. The average Bonchev–Trinajstić information content (AvgIpc) is 2.80. The van der Waals surface area contributed by atoms with Crippen molar-refractivity contribution in [2.45, 2.75) is 44.7 Å². The number of esters is 1. The van der Waals surface area contributed by atoms with Crippen molar-refractivity contribution in [3.63, 3.8) is 0 Å². The van der Waals surface area contributed by atoms with Crippen LogP contribution >= 0.6 is 0 Å². The fourth-order valence-corrected chi connectivity index (χ4v) is 5.23. The number of rotatable bonds is 7. The normalized spacial score (nSPS) is 19.0. The van der Waals surface area contributed by atoms with Gasteiger partial charge in [0, 0.05) is 22.6 Å². The Bertz CT molecular complexity index is 1080. The molecule has 2 aliphatic rings. The lowest BCUT2D eigenvalue weighted by Gasteiger charge is -2.50. The van der Waals surface area contributed by atoms with Gasteiger partial charge in [-0.2, -0.15) is 13.2 Å². The van der Waals surface area contributed by atoms with Crippen molar-refractivity contribution in [2.75, 3.05) is 26.8 Å². The van der Waals surface area contributed by atoms with Crippen molar-refractivity contribution in [3.8, 4) is 16.9 Å². The Hall–Kier alpha value is -2.68. The van der Waals surface area contributed by atoms with Crippen molar-refractivity contribution in [1.82, 2.24) is 5.32 Å². The van der Waals surface area contributed by atoms with Gasteiger partial charge in [-0.05, 0) is 69.5 Å². The second kappa shape index (κ2) is 9.76. The topological polar surface area (TPSA) is 47.6 Å². The molecule has 1 N–H and O–H groups in total. The third-order valence-electron chi connectivity index (χ3n) is 7.46. The summed E-state index contributed by atoms with van der Waals surface area (Å²) in [5.74, 6) is -2.06. The fraction of sp³-hybridized carbons (Fsp3) is 0.500. The summed E-state index contributed by atoms with van der Waals surface area (Å²) in [6.07, 6.45) is -2.33. The van der Waals surface area contributed by atoms with E-state index in [4.69, 9.17) is 4.74 Å². The summed E-state index contributed by atoms with van der Waals surface area (Å²) in [6.45, 7) is 1.25. The molecule has 190 valence electrons. The molecule has 2 fully saturated rings. The van der Waals surface area contributed by atoms with Gasteiger partial charge in [0.15, 0.2) is 0 Å². The van der Waals surface area contributed by atoms with Crippen molar-refractivity contribution in [2.24, 2.45) is 10.8 Å². The number of carbonyl (C=O) groups is 1. The van der Waals surface area contributed by atoms with Crippen LogP contribution < -0.4 is 10.1 Å². The number of methoxy groups -OCH3 is 1. The van der Waals surface area contributed by atoms with Gasteiger partial charge in [0.25, 0.3) is 0 Å². The number of hydrogen-bond acceptors (Lipinski definition) is 4. The van der Waals surface area contributed by atoms with Crippen LogP contribution in [0.5, 0.6) is 5.75 Å². The highest BCUT2D eigenvalue weighted by Crippen LogP contribution is 2.59. The van der Waals surface area contributed by atoms with Gasteiger partial charge in [0.2, 0.25) is 0 Å². The van der Waals surface area contributed by atoms with E-state index in [-0.39, 0.29) is 48.3 Å². The summed E-state index contributed by atoms with van der Waals surface area (Å²) >= 11 is 0. The van der Waals surface area contributed by atoms with Gasteiger partial charge in [0.1, 0.15) is 17.4 Å². The number of alkyl halides is 3. The standard InChI is InChI=1S/C26H28F5NO3/c1-34-23(33)17-3-5-19(21(27)13-17)20-6-4-18(14-22(20)28)35-16-24(9-11-32-12-10-24)15-25(7-2-8-25)26(29,30)31/h3-6,13-14,32H,2,7-12,15-16H2,1H3. The molecular weight excluding hydrogens is 469 g/mol. The first kappa shape index (κ1) is 25.4. The van der Waals surface area contributed by atoms with Crippen LogP contribution in [0.2, 0.25) is 0 Å². The van der Waals surface area contributed by atoms with Crippen LogP contribution in [0, 0.1) is 22.5 Å². The number of halogens is 5. The van der Waals surface area contributed by atoms with Crippen LogP contribution in [0.15, 0.2) is 36.4 Å². The lowest BCUT2D eigenvalue weighted by molar-refractivity contribution is -0.264. The first-order valence-electron chi connectivity index (χ1n) is 11.7. The quantitative estimate of drug-likeness (QED) is 0.361. The molecule has 35 heavy (non-hydrogen) atoms. The summed E-state index contributed by atoms with van der Waals surface area (Å²) < 4.78 is 81.4. The number of piperidine rings is 1. The molecule has 0 spiro atoms. The largest absolute Gasteiger partial charge is 0.493 e. The van der Waals surface area contributed by atoms with E-state index in [0.717, 1.165) is 12.1 Å². The van der Waals surface area contributed by atoms with Crippen molar-refractivity contribution in [1.29, 1.82) is 0 Å². The molecule has 1 aliphatic heterocycles. The van der Waals surface area contributed by atoms with Crippen molar-refractivity contribution < 1.29 is 36.2 Å². The van der Waals surface area contributed by atoms with Gasteiger partial charge in [0.05, 0.1) is 24.7 Å². The van der Waals surface area contributed by atoms with Crippen LogP contribution in [0.25, 0.3) is 11.1 Å². The molecule has 2 aromatic rings. The molecule has 0 aromatic heterocycles. The maximum atomic E-state index is 14.9. The van der Waals surface area contributed by atoms with Gasteiger partial charge < -0.3 is 14.8 Å². The molecule has 0 atom stereocenters. The molecule has 4 nitrogen and oxygen atoms in total. The zero-order chi connectivity index (χ0) is 25.3. The summed E-state index contributed by atoms with van der Waals surface area (Å²) in [5, 5.41) is 3.19. The van der Waals surface area contributed by atoms with Crippen LogP contribution in [0.1, 0.15) is 48.9 Å². The Morgan fingerprint density at radius 3 is 2.11 bits per heavy atom. The summed E-state index contributed by atoms with van der Waals surface area (Å²) in [7, 11) is 1.18. The third-order valence-corrected chi connectivity index (χ3v) is 7.46. The van der Waals surface area contributed by atoms with Crippen LogP contribution in [-0.4, -0.2) is 39.0 Å². The predicted octanol–water partition coefficient (Wildman–Crippen LogP) is 6.29. The minimum absolute atomic E-state index is 0.00347. The van der Waals surface area contributed by atoms with Gasteiger partial charge >= 0.3 is 12.1 Å². The summed E-state index contributed by atoms with van der Waals surface area (Å²) in [6, 6.07) is 7.55. The van der Waals surface area contributed by atoms with E-state index >= 15 is 0 Å². The highest BCUT2D eigenvalue weighted by atomic mass is 19.4. The van der Waals surface area contributed by atoms with Gasteiger partial charge in [-0.15, -0.1) is 0 Å². The minimum Gasteiger partial charge on any atom is -0.493 e. The Morgan fingerprint density at radius 2 is 1.60 bits per heavy atom. The second-order valence-electron chi connectivity index (χ2n) is 9.67. The molecule has 0 bridgehead atoms. The first-order valence-corrected chi connectivity index (χ1v) is 11.7. The van der Waals surface area contributed by atoms with E-state index < -0.39 is 34.6 Å². The second-order valence-corrected chi connectivity index (χ2v) is 9.67. The molecule has 1 heterocycles. The highest BCUT2D eigenvalue weighted by Gasteiger charge is 2.60. The van der Waals surface area contributed by atoms with Crippen LogP contribution in [0.3, 0.4) is 0 Å². The summed E-state index contributed by atoms with van der Waals surface area (Å²) in [5.41, 5.74) is -2.38. The average molecular weight is 498 g/mol. The molecular formula is C26H28F5NO3. The Labute approximate surface area is 200 Å². The SMILES string of the molecule is COC(=O)c1ccc(-c2ccc(OCC3(CC4(C(F)(F)F)CCC4)CCNCC3)cc2F)c(F)c1. The molecule has 0 radical (unpaired) electrons. The smallest absolute Gasteiger partial charge is 0.394 e. The number of ether oxygens (including phenoxy) is 2. The molecule has 0 amide bonds.